The van der Waals surface area contributed by atoms with Crippen molar-refractivity contribution in [3.05, 3.63) is 95.0 Å². The number of nitrogens with one attached hydrogen (secondary N) is 1. The van der Waals surface area contributed by atoms with Gasteiger partial charge in [-0.05, 0) is 47.7 Å². The summed E-state index contributed by atoms with van der Waals surface area (Å²) in [5.74, 6) is -0.290. The molecule has 0 amide bonds. The van der Waals surface area contributed by atoms with E-state index in [1.807, 2.05) is 31.2 Å². The third-order valence-corrected chi connectivity index (χ3v) is 7.98. The van der Waals surface area contributed by atoms with Crippen molar-refractivity contribution >= 4 is 27.3 Å². The van der Waals surface area contributed by atoms with Crippen LogP contribution in [-0.2, 0) is 22.7 Å². The van der Waals surface area contributed by atoms with Crippen molar-refractivity contribution < 1.29 is 21.6 Å². The Labute approximate surface area is 210 Å². The molecule has 0 aliphatic carbocycles. The number of aliphatic imine (C=N–C) groups is 1. The second kappa shape index (κ2) is 10.1. The number of hydrogen-bond acceptors (Lipinski definition) is 5. The van der Waals surface area contributed by atoms with Gasteiger partial charge in [-0.15, -0.1) is 11.3 Å². The predicted octanol–water partition coefficient (Wildman–Crippen LogP) is 5.60. The molecule has 0 aliphatic rings. The molecule has 0 atom stereocenters. The molecule has 2 aromatic carbocycles. The highest BCUT2D eigenvalue weighted by atomic mass is 32.2. The average molecular weight is 531 g/mol. The number of hydrogen-bond donors (Lipinski definition) is 2. The van der Waals surface area contributed by atoms with Crippen LogP contribution in [0.15, 0.2) is 87.5 Å². The van der Waals surface area contributed by atoms with Crippen molar-refractivity contribution in [3.63, 3.8) is 0 Å². The van der Waals surface area contributed by atoms with Gasteiger partial charge in [0.1, 0.15) is 4.21 Å². The molecule has 0 spiro atoms. The van der Waals surface area contributed by atoms with E-state index in [9.17, 15) is 21.6 Å². The van der Waals surface area contributed by atoms with Crippen LogP contribution in [0.4, 0.5) is 13.2 Å². The summed E-state index contributed by atoms with van der Waals surface area (Å²) < 4.78 is 66.2. The van der Waals surface area contributed by atoms with Crippen LogP contribution in [0.1, 0.15) is 16.7 Å². The summed E-state index contributed by atoms with van der Waals surface area (Å²) in [6.45, 7) is 1.96. The zero-order valence-electron chi connectivity index (χ0n) is 19.0. The number of thiophene rings is 1. The Morgan fingerprint density at radius 2 is 1.72 bits per heavy atom. The molecule has 4 rings (SSSR count). The van der Waals surface area contributed by atoms with E-state index >= 15 is 0 Å². The lowest BCUT2D eigenvalue weighted by Gasteiger charge is -2.13. The first-order chi connectivity index (χ1) is 17.0. The predicted molar refractivity (Wildman–Crippen MR) is 135 cm³/mol. The molecule has 0 unspecified atom stereocenters. The Morgan fingerprint density at radius 3 is 2.33 bits per heavy atom. The average Bonchev–Trinajstić information content (AvgIpc) is 3.39. The van der Waals surface area contributed by atoms with Gasteiger partial charge in [-0.1, -0.05) is 48.0 Å². The SMILES string of the molecule is Cc1ccc(-c2ncc(CN=C(N)NS(=O)(=O)c3cccs3)cc2-c2ccc(C(F)(F)F)cc2)cc1. The second-order valence-electron chi connectivity index (χ2n) is 7.92. The van der Waals surface area contributed by atoms with Crippen LogP contribution in [0.25, 0.3) is 22.4 Å². The molecule has 6 nitrogen and oxygen atoms in total. The van der Waals surface area contributed by atoms with Gasteiger partial charge >= 0.3 is 6.18 Å². The Bertz CT molecular complexity index is 1480. The highest BCUT2D eigenvalue weighted by Gasteiger charge is 2.30. The summed E-state index contributed by atoms with van der Waals surface area (Å²) in [5.41, 5.74) is 9.24. The number of aryl methyl sites for hydroxylation is 1. The van der Waals surface area contributed by atoms with Crippen molar-refractivity contribution in [1.29, 1.82) is 0 Å². The number of nitrogens with zero attached hydrogens (tertiary/aromatic N) is 2. The van der Waals surface area contributed by atoms with Crippen LogP contribution in [0, 0.1) is 6.92 Å². The van der Waals surface area contributed by atoms with Crippen LogP contribution >= 0.6 is 11.3 Å². The topological polar surface area (TPSA) is 97.4 Å². The van der Waals surface area contributed by atoms with Gasteiger partial charge in [0.25, 0.3) is 10.0 Å². The van der Waals surface area contributed by atoms with Gasteiger partial charge in [0.2, 0.25) is 5.96 Å². The Hall–Kier alpha value is -3.70. The van der Waals surface area contributed by atoms with Crippen molar-refractivity contribution in [2.45, 2.75) is 23.9 Å². The molecule has 11 heteroatoms. The fourth-order valence-corrected chi connectivity index (χ4v) is 5.35. The van der Waals surface area contributed by atoms with E-state index in [-0.39, 0.29) is 16.7 Å². The summed E-state index contributed by atoms with van der Waals surface area (Å²) >= 11 is 1.05. The molecule has 2 aromatic heterocycles. The molecule has 186 valence electrons. The van der Waals surface area contributed by atoms with Crippen LogP contribution in [0.2, 0.25) is 0 Å². The summed E-state index contributed by atoms with van der Waals surface area (Å²) in [7, 11) is -3.83. The first-order valence-corrected chi connectivity index (χ1v) is 13.0. The van der Waals surface area contributed by atoms with E-state index in [1.54, 1.807) is 23.7 Å². The number of halogens is 3. The monoisotopic (exact) mass is 530 g/mol. The summed E-state index contributed by atoms with van der Waals surface area (Å²) in [4.78, 5) is 8.65. The van der Waals surface area contributed by atoms with Gasteiger partial charge in [0.05, 0.1) is 17.8 Å². The Kier molecular flexibility index (Phi) is 7.14. The molecule has 0 aliphatic heterocycles. The number of sulfonamides is 1. The van der Waals surface area contributed by atoms with Gasteiger partial charge in [0.15, 0.2) is 0 Å². The largest absolute Gasteiger partial charge is 0.416 e. The molecule has 0 radical (unpaired) electrons. The van der Waals surface area contributed by atoms with Crippen LogP contribution in [-0.4, -0.2) is 19.4 Å². The quantitative estimate of drug-likeness (QED) is 0.251. The first-order valence-electron chi connectivity index (χ1n) is 10.6. The highest BCUT2D eigenvalue weighted by molar-refractivity contribution is 7.92. The Morgan fingerprint density at radius 1 is 1.06 bits per heavy atom. The molecule has 0 bridgehead atoms. The number of rotatable bonds is 6. The standard InChI is InChI=1S/C25H21F3N4O2S2/c1-16-4-6-19(7-5-16)23-21(18-8-10-20(11-9-18)25(26,27)28)13-17(14-30-23)15-31-24(29)32-36(33,34)22-3-2-12-35-22/h2-14H,15H2,1H3,(H3,29,31,32). The number of pyridine rings is 1. The van der Waals surface area contributed by atoms with Gasteiger partial charge < -0.3 is 5.73 Å². The van der Waals surface area contributed by atoms with E-state index < -0.39 is 21.8 Å². The van der Waals surface area contributed by atoms with Crippen LogP contribution in [0.5, 0.6) is 0 Å². The fraction of sp³-hybridized carbons (Fsp3) is 0.120. The minimum Gasteiger partial charge on any atom is -0.369 e. The summed E-state index contributed by atoms with van der Waals surface area (Å²) in [6, 6.07) is 17.3. The van der Waals surface area contributed by atoms with Gasteiger partial charge in [-0.25, -0.2) is 18.1 Å². The van der Waals surface area contributed by atoms with Crippen molar-refractivity contribution in [2.75, 3.05) is 0 Å². The molecule has 3 N–H and O–H groups in total. The zero-order chi connectivity index (χ0) is 25.9. The molecule has 36 heavy (non-hydrogen) atoms. The molecule has 4 aromatic rings. The van der Waals surface area contributed by atoms with E-state index in [0.717, 1.165) is 34.6 Å². The molecular formula is C25H21F3N4O2S2. The van der Waals surface area contributed by atoms with E-state index in [4.69, 9.17) is 5.73 Å². The summed E-state index contributed by atoms with van der Waals surface area (Å²) in [5, 5.41) is 1.63. The van der Waals surface area contributed by atoms with Crippen LogP contribution in [0.3, 0.4) is 0 Å². The number of benzene rings is 2. The smallest absolute Gasteiger partial charge is 0.369 e. The lowest BCUT2D eigenvalue weighted by Crippen LogP contribution is -2.36. The fourth-order valence-electron chi connectivity index (χ4n) is 3.41. The molecule has 2 heterocycles. The first kappa shape index (κ1) is 25.4. The minimum atomic E-state index is -4.44. The third kappa shape index (κ3) is 5.92. The van der Waals surface area contributed by atoms with Crippen LogP contribution < -0.4 is 10.5 Å². The summed E-state index contributed by atoms with van der Waals surface area (Å²) in [6.07, 6.45) is -2.87. The third-order valence-electron chi connectivity index (χ3n) is 5.22. The lowest BCUT2D eigenvalue weighted by molar-refractivity contribution is -0.137. The Balaban J connectivity index is 1.66. The van der Waals surface area contributed by atoms with Gasteiger partial charge in [-0.3, -0.25) is 4.98 Å². The maximum absolute atomic E-state index is 13.1. The van der Waals surface area contributed by atoms with Crippen molar-refractivity contribution in [3.8, 4) is 22.4 Å². The molecule has 0 fully saturated rings. The van der Waals surface area contributed by atoms with Gasteiger partial charge in [-0.2, -0.15) is 13.2 Å². The van der Waals surface area contributed by atoms with Gasteiger partial charge in [0, 0.05) is 17.3 Å². The van der Waals surface area contributed by atoms with E-state index in [2.05, 4.69) is 14.7 Å². The maximum Gasteiger partial charge on any atom is 0.416 e. The van der Waals surface area contributed by atoms with Crippen molar-refractivity contribution in [1.82, 2.24) is 9.71 Å². The lowest BCUT2D eigenvalue weighted by atomic mass is 9.96. The number of aromatic nitrogens is 1. The van der Waals surface area contributed by atoms with E-state index in [1.165, 1.54) is 18.2 Å². The maximum atomic E-state index is 13.1. The van der Waals surface area contributed by atoms with Crippen molar-refractivity contribution in [2.24, 2.45) is 10.7 Å². The number of guanidine groups is 1. The molecule has 0 saturated heterocycles. The number of alkyl halides is 3. The van der Waals surface area contributed by atoms with E-state index in [0.29, 0.717) is 22.4 Å². The minimum absolute atomic E-state index is 0.00755. The second-order valence-corrected chi connectivity index (χ2v) is 10.8. The molecule has 0 saturated carbocycles. The highest BCUT2D eigenvalue weighted by Crippen LogP contribution is 2.34. The molecular weight excluding hydrogens is 509 g/mol. The normalized spacial score (nSPS) is 12.5. The zero-order valence-corrected chi connectivity index (χ0v) is 20.6. The number of nitrogens with two attached hydrogens (primary N) is 1.